The number of carbonyl (C=O) groups excluding carboxylic acids is 1. The van der Waals surface area contributed by atoms with Crippen molar-refractivity contribution in [2.24, 2.45) is 0 Å². The van der Waals surface area contributed by atoms with Crippen molar-refractivity contribution >= 4 is 11.6 Å². The van der Waals surface area contributed by atoms with Crippen LogP contribution in [0, 0.1) is 6.92 Å². The fraction of sp³-hybridized carbons (Fsp3) is 0.417. The standard InChI is InChI=1S/C12H14N4O/c1-9-8-11-13-5-4-10(16(11)14-9)12(17)15-6-2-3-7-15/h4-5,8H,2-3,6-7H2,1H3. The summed E-state index contributed by atoms with van der Waals surface area (Å²) < 4.78 is 1.63. The molecular weight excluding hydrogens is 216 g/mol. The van der Waals surface area contributed by atoms with E-state index in [1.54, 1.807) is 16.8 Å². The fourth-order valence-corrected chi connectivity index (χ4v) is 2.25. The van der Waals surface area contributed by atoms with E-state index in [0.717, 1.165) is 37.3 Å². The Balaban J connectivity index is 2.06. The molecule has 1 amide bonds. The molecular formula is C12H14N4O. The molecule has 1 aliphatic heterocycles. The van der Waals surface area contributed by atoms with E-state index in [1.165, 1.54) is 0 Å². The van der Waals surface area contributed by atoms with Gasteiger partial charge in [-0.15, -0.1) is 0 Å². The third kappa shape index (κ3) is 1.67. The Bertz CT molecular complexity index is 569. The van der Waals surface area contributed by atoms with Crippen LogP contribution in [0.1, 0.15) is 29.0 Å². The zero-order valence-corrected chi connectivity index (χ0v) is 9.76. The first-order valence-electron chi connectivity index (χ1n) is 5.86. The van der Waals surface area contributed by atoms with Crippen molar-refractivity contribution in [1.82, 2.24) is 19.5 Å². The van der Waals surface area contributed by atoms with Crippen LogP contribution in [0.15, 0.2) is 18.3 Å². The summed E-state index contributed by atoms with van der Waals surface area (Å²) in [5, 5.41) is 4.31. The molecule has 2 aromatic heterocycles. The Morgan fingerprint density at radius 2 is 2.12 bits per heavy atom. The molecule has 3 rings (SSSR count). The Morgan fingerprint density at radius 3 is 2.88 bits per heavy atom. The van der Waals surface area contributed by atoms with E-state index < -0.39 is 0 Å². The second-order valence-electron chi connectivity index (χ2n) is 4.39. The van der Waals surface area contributed by atoms with E-state index in [2.05, 4.69) is 10.1 Å². The number of carbonyl (C=O) groups is 1. The second-order valence-corrected chi connectivity index (χ2v) is 4.39. The number of amides is 1. The van der Waals surface area contributed by atoms with E-state index in [-0.39, 0.29) is 5.91 Å². The second kappa shape index (κ2) is 3.84. The first-order chi connectivity index (χ1) is 8.25. The van der Waals surface area contributed by atoms with Gasteiger partial charge >= 0.3 is 0 Å². The maximum Gasteiger partial charge on any atom is 0.272 e. The van der Waals surface area contributed by atoms with Crippen LogP contribution in [0.4, 0.5) is 0 Å². The van der Waals surface area contributed by atoms with Gasteiger partial charge in [0, 0.05) is 25.4 Å². The van der Waals surface area contributed by atoms with Crippen molar-refractivity contribution in [3.63, 3.8) is 0 Å². The minimum Gasteiger partial charge on any atom is -0.337 e. The first-order valence-corrected chi connectivity index (χ1v) is 5.86. The number of aromatic nitrogens is 3. The maximum absolute atomic E-state index is 12.3. The summed E-state index contributed by atoms with van der Waals surface area (Å²) >= 11 is 0. The molecule has 0 saturated carbocycles. The third-order valence-electron chi connectivity index (χ3n) is 3.09. The average Bonchev–Trinajstić information content (AvgIpc) is 2.94. The molecule has 0 aliphatic carbocycles. The molecule has 5 heteroatoms. The van der Waals surface area contributed by atoms with Gasteiger partial charge in [-0.2, -0.15) is 5.10 Å². The minimum absolute atomic E-state index is 0.0537. The van der Waals surface area contributed by atoms with E-state index in [4.69, 9.17) is 0 Å². The highest BCUT2D eigenvalue weighted by Crippen LogP contribution is 2.13. The van der Waals surface area contributed by atoms with Gasteiger partial charge in [-0.25, -0.2) is 9.50 Å². The molecule has 3 heterocycles. The Morgan fingerprint density at radius 1 is 1.35 bits per heavy atom. The van der Waals surface area contributed by atoms with Crippen molar-refractivity contribution in [1.29, 1.82) is 0 Å². The van der Waals surface area contributed by atoms with Gasteiger partial charge in [0.05, 0.1) is 5.69 Å². The first kappa shape index (κ1) is 10.3. The number of fused-ring (bicyclic) bond motifs is 1. The van der Waals surface area contributed by atoms with Gasteiger partial charge in [0.1, 0.15) is 5.69 Å². The minimum atomic E-state index is 0.0537. The smallest absolute Gasteiger partial charge is 0.272 e. The van der Waals surface area contributed by atoms with Crippen molar-refractivity contribution in [2.45, 2.75) is 19.8 Å². The average molecular weight is 230 g/mol. The van der Waals surface area contributed by atoms with Gasteiger partial charge in [0.25, 0.3) is 5.91 Å². The highest BCUT2D eigenvalue weighted by Gasteiger charge is 2.22. The molecule has 0 N–H and O–H groups in total. The lowest BCUT2D eigenvalue weighted by atomic mass is 10.3. The molecule has 17 heavy (non-hydrogen) atoms. The zero-order valence-electron chi connectivity index (χ0n) is 9.76. The van der Waals surface area contributed by atoms with Gasteiger partial charge in [-0.1, -0.05) is 0 Å². The molecule has 88 valence electrons. The van der Waals surface area contributed by atoms with Crippen LogP contribution in [0.25, 0.3) is 5.65 Å². The predicted octanol–water partition coefficient (Wildman–Crippen LogP) is 1.27. The molecule has 1 saturated heterocycles. The molecule has 2 aromatic rings. The lowest BCUT2D eigenvalue weighted by Crippen LogP contribution is -2.29. The molecule has 1 aliphatic rings. The van der Waals surface area contributed by atoms with Crippen molar-refractivity contribution < 1.29 is 4.79 Å². The lowest BCUT2D eigenvalue weighted by Gasteiger charge is -2.15. The quantitative estimate of drug-likeness (QED) is 0.741. The number of nitrogens with zero attached hydrogens (tertiary/aromatic N) is 4. The normalized spacial score (nSPS) is 15.7. The molecule has 0 spiro atoms. The fourth-order valence-electron chi connectivity index (χ4n) is 2.25. The number of likely N-dealkylation sites (tertiary alicyclic amines) is 1. The third-order valence-corrected chi connectivity index (χ3v) is 3.09. The Kier molecular flexibility index (Phi) is 2.31. The van der Waals surface area contributed by atoms with Gasteiger partial charge in [0.2, 0.25) is 0 Å². The highest BCUT2D eigenvalue weighted by atomic mass is 16.2. The van der Waals surface area contributed by atoms with Gasteiger partial charge in [-0.3, -0.25) is 4.79 Å². The van der Waals surface area contributed by atoms with Crippen LogP contribution < -0.4 is 0 Å². The maximum atomic E-state index is 12.3. The zero-order chi connectivity index (χ0) is 11.8. The summed E-state index contributed by atoms with van der Waals surface area (Å²) in [5.74, 6) is 0.0537. The molecule has 0 radical (unpaired) electrons. The predicted molar refractivity (Wildman–Crippen MR) is 62.9 cm³/mol. The van der Waals surface area contributed by atoms with Crippen molar-refractivity contribution in [3.05, 3.63) is 29.7 Å². The van der Waals surface area contributed by atoms with Crippen LogP contribution in [-0.2, 0) is 0 Å². The molecule has 0 aromatic carbocycles. The lowest BCUT2D eigenvalue weighted by molar-refractivity contribution is 0.0784. The van der Waals surface area contributed by atoms with Crippen LogP contribution in [0.5, 0.6) is 0 Å². The number of rotatable bonds is 1. The van der Waals surface area contributed by atoms with Crippen molar-refractivity contribution in [2.75, 3.05) is 13.1 Å². The van der Waals surface area contributed by atoms with E-state index in [0.29, 0.717) is 5.69 Å². The summed E-state index contributed by atoms with van der Waals surface area (Å²) in [6, 6.07) is 3.61. The topological polar surface area (TPSA) is 50.5 Å². The molecule has 1 fully saturated rings. The van der Waals surface area contributed by atoms with Crippen LogP contribution >= 0.6 is 0 Å². The van der Waals surface area contributed by atoms with E-state index in [9.17, 15) is 4.79 Å². The van der Waals surface area contributed by atoms with Crippen LogP contribution in [-0.4, -0.2) is 38.5 Å². The van der Waals surface area contributed by atoms with Crippen LogP contribution in [0.2, 0.25) is 0 Å². The highest BCUT2D eigenvalue weighted by molar-refractivity contribution is 5.93. The molecule has 0 atom stereocenters. The number of hydrogen-bond acceptors (Lipinski definition) is 3. The Labute approximate surface area is 99.1 Å². The van der Waals surface area contributed by atoms with Gasteiger partial charge < -0.3 is 4.90 Å². The van der Waals surface area contributed by atoms with E-state index >= 15 is 0 Å². The molecule has 5 nitrogen and oxygen atoms in total. The summed E-state index contributed by atoms with van der Waals surface area (Å²) in [5.41, 5.74) is 2.21. The summed E-state index contributed by atoms with van der Waals surface area (Å²) in [6.45, 7) is 3.60. The largest absolute Gasteiger partial charge is 0.337 e. The summed E-state index contributed by atoms with van der Waals surface area (Å²) in [6.07, 6.45) is 3.86. The van der Waals surface area contributed by atoms with E-state index in [1.807, 2.05) is 17.9 Å². The SMILES string of the molecule is Cc1cc2nccc(C(=O)N3CCCC3)n2n1. The monoisotopic (exact) mass is 230 g/mol. The van der Waals surface area contributed by atoms with Gasteiger partial charge in [0.15, 0.2) is 5.65 Å². The molecule has 0 unspecified atom stereocenters. The summed E-state index contributed by atoms with van der Waals surface area (Å²) in [4.78, 5) is 18.4. The van der Waals surface area contributed by atoms with Crippen molar-refractivity contribution in [3.8, 4) is 0 Å². The van der Waals surface area contributed by atoms with Crippen LogP contribution in [0.3, 0.4) is 0 Å². The number of aryl methyl sites for hydroxylation is 1. The summed E-state index contributed by atoms with van der Waals surface area (Å²) in [7, 11) is 0. The van der Waals surface area contributed by atoms with Gasteiger partial charge in [-0.05, 0) is 25.8 Å². The molecule has 0 bridgehead atoms. The number of hydrogen-bond donors (Lipinski definition) is 0. The Hall–Kier alpha value is -1.91.